The minimum Gasteiger partial charge on any atom is -0.375 e. The molecule has 0 heterocycles. The van der Waals surface area contributed by atoms with Crippen molar-refractivity contribution in [3.05, 3.63) is 0 Å². The van der Waals surface area contributed by atoms with Crippen LogP contribution in [0.1, 0.15) is 46.5 Å². The lowest BCUT2D eigenvalue weighted by Crippen LogP contribution is -2.21. The molecule has 66 valence electrons. The van der Waals surface area contributed by atoms with Crippen LogP contribution in [0.3, 0.4) is 0 Å². The maximum atomic E-state index is 5.81. The Bertz CT molecular complexity index is 109. The first-order chi connectivity index (χ1) is 5.24. The SMILES string of the molecule is CC[C@@H]1CCC[C@H]1OC(C)C. The zero-order chi connectivity index (χ0) is 8.27. The van der Waals surface area contributed by atoms with Gasteiger partial charge >= 0.3 is 0 Å². The minimum absolute atomic E-state index is 0.409. The van der Waals surface area contributed by atoms with E-state index in [0.29, 0.717) is 12.2 Å². The molecule has 0 aromatic heterocycles. The van der Waals surface area contributed by atoms with Gasteiger partial charge in [0, 0.05) is 0 Å². The molecule has 0 bridgehead atoms. The Morgan fingerprint density at radius 3 is 2.64 bits per heavy atom. The van der Waals surface area contributed by atoms with Crippen LogP contribution in [0.2, 0.25) is 0 Å². The van der Waals surface area contributed by atoms with Gasteiger partial charge in [0.2, 0.25) is 0 Å². The molecule has 1 aliphatic carbocycles. The summed E-state index contributed by atoms with van der Waals surface area (Å²) >= 11 is 0. The van der Waals surface area contributed by atoms with E-state index < -0.39 is 0 Å². The van der Waals surface area contributed by atoms with Gasteiger partial charge in [-0.25, -0.2) is 0 Å². The first-order valence-corrected chi connectivity index (χ1v) is 4.89. The molecule has 0 spiro atoms. The maximum absolute atomic E-state index is 5.81. The summed E-state index contributed by atoms with van der Waals surface area (Å²) in [4.78, 5) is 0. The smallest absolute Gasteiger partial charge is 0.0606 e. The second-order valence-corrected chi connectivity index (χ2v) is 3.82. The minimum atomic E-state index is 0.409. The highest BCUT2D eigenvalue weighted by Crippen LogP contribution is 2.31. The first kappa shape index (κ1) is 9.05. The molecule has 0 radical (unpaired) electrons. The summed E-state index contributed by atoms with van der Waals surface area (Å²) in [6.07, 6.45) is 6.31. The Morgan fingerprint density at radius 1 is 1.36 bits per heavy atom. The zero-order valence-corrected chi connectivity index (χ0v) is 7.97. The summed E-state index contributed by atoms with van der Waals surface area (Å²) in [6.45, 7) is 6.53. The Hall–Kier alpha value is -0.0400. The largest absolute Gasteiger partial charge is 0.375 e. The van der Waals surface area contributed by atoms with E-state index in [4.69, 9.17) is 4.74 Å². The van der Waals surface area contributed by atoms with Crippen molar-refractivity contribution in [2.75, 3.05) is 0 Å². The predicted octanol–water partition coefficient (Wildman–Crippen LogP) is 2.99. The lowest BCUT2D eigenvalue weighted by Gasteiger charge is -2.20. The van der Waals surface area contributed by atoms with Gasteiger partial charge in [0.15, 0.2) is 0 Å². The van der Waals surface area contributed by atoms with Crippen LogP contribution in [0.15, 0.2) is 0 Å². The monoisotopic (exact) mass is 156 g/mol. The van der Waals surface area contributed by atoms with Crippen LogP contribution in [-0.2, 0) is 4.74 Å². The molecule has 1 aliphatic rings. The van der Waals surface area contributed by atoms with Gasteiger partial charge < -0.3 is 4.74 Å². The van der Waals surface area contributed by atoms with Crippen molar-refractivity contribution in [2.45, 2.75) is 58.7 Å². The normalized spacial score (nSPS) is 31.6. The number of ether oxygens (including phenoxy) is 1. The molecule has 2 atom stereocenters. The van der Waals surface area contributed by atoms with Crippen LogP contribution >= 0.6 is 0 Å². The van der Waals surface area contributed by atoms with Crippen LogP contribution in [0.25, 0.3) is 0 Å². The Kier molecular flexibility index (Phi) is 3.38. The third kappa shape index (κ3) is 2.48. The summed E-state index contributed by atoms with van der Waals surface area (Å²) in [5.74, 6) is 0.845. The van der Waals surface area contributed by atoms with Gasteiger partial charge in [-0.2, -0.15) is 0 Å². The van der Waals surface area contributed by atoms with Crippen molar-refractivity contribution in [2.24, 2.45) is 5.92 Å². The Labute approximate surface area is 70.1 Å². The lowest BCUT2D eigenvalue weighted by atomic mass is 10.0. The fourth-order valence-electron chi connectivity index (χ4n) is 2.00. The van der Waals surface area contributed by atoms with Crippen molar-refractivity contribution in [3.8, 4) is 0 Å². The molecule has 0 aliphatic heterocycles. The highest BCUT2D eigenvalue weighted by Gasteiger charge is 2.26. The van der Waals surface area contributed by atoms with Crippen LogP contribution in [0.5, 0.6) is 0 Å². The summed E-state index contributed by atoms with van der Waals surface area (Å²) in [5, 5.41) is 0. The van der Waals surface area contributed by atoms with Crippen LogP contribution in [0.4, 0.5) is 0 Å². The number of rotatable bonds is 3. The van der Waals surface area contributed by atoms with Crippen molar-refractivity contribution in [1.29, 1.82) is 0 Å². The average Bonchev–Trinajstić information content (AvgIpc) is 2.34. The van der Waals surface area contributed by atoms with Crippen molar-refractivity contribution in [1.82, 2.24) is 0 Å². The van der Waals surface area contributed by atoms with Gasteiger partial charge in [0.05, 0.1) is 12.2 Å². The van der Waals surface area contributed by atoms with E-state index in [1.807, 2.05) is 0 Å². The van der Waals surface area contributed by atoms with E-state index in [0.717, 1.165) is 5.92 Å². The average molecular weight is 156 g/mol. The van der Waals surface area contributed by atoms with E-state index in [1.54, 1.807) is 0 Å². The highest BCUT2D eigenvalue weighted by molar-refractivity contribution is 4.77. The van der Waals surface area contributed by atoms with Crippen LogP contribution in [0, 0.1) is 5.92 Å². The standard InChI is InChI=1S/C10H20O/c1-4-9-6-5-7-10(9)11-8(2)3/h8-10H,4-7H2,1-3H3/t9-,10-/m1/s1. The molecule has 11 heavy (non-hydrogen) atoms. The Morgan fingerprint density at radius 2 is 2.09 bits per heavy atom. The fraction of sp³-hybridized carbons (Fsp3) is 1.00. The van der Waals surface area contributed by atoms with Gasteiger partial charge in [-0.05, 0) is 32.6 Å². The van der Waals surface area contributed by atoms with E-state index in [9.17, 15) is 0 Å². The van der Waals surface area contributed by atoms with Gasteiger partial charge in [-0.1, -0.05) is 19.8 Å². The molecule has 0 amide bonds. The molecular weight excluding hydrogens is 136 g/mol. The second-order valence-electron chi connectivity index (χ2n) is 3.82. The molecule has 0 unspecified atom stereocenters. The third-order valence-corrected chi connectivity index (χ3v) is 2.56. The van der Waals surface area contributed by atoms with Crippen LogP contribution in [-0.4, -0.2) is 12.2 Å². The topological polar surface area (TPSA) is 9.23 Å². The molecule has 0 saturated heterocycles. The first-order valence-electron chi connectivity index (χ1n) is 4.89. The summed E-state index contributed by atoms with van der Waals surface area (Å²) in [5.41, 5.74) is 0. The van der Waals surface area contributed by atoms with Crippen molar-refractivity contribution < 1.29 is 4.74 Å². The van der Waals surface area contributed by atoms with E-state index >= 15 is 0 Å². The molecule has 0 N–H and O–H groups in total. The van der Waals surface area contributed by atoms with Gasteiger partial charge in [0.25, 0.3) is 0 Å². The molecular formula is C10H20O. The molecule has 1 fully saturated rings. The zero-order valence-electron chi connectivity index (χ0n) is 7.97. The van der Waals surface area contributed by atoms with E-state index in [1.165, 1.54) is 25.7 Å². The lowest BCUT2D eigenvalue weighted by molar-refractivity contribution is -0.0138. The number of hydrogen-bond acceptors (Lipinski definition) is 1. The van der Waals surface area contributed by atoms with Crippen LogP contribution < -0.4 is 0 Å². The summed E-state index contributed by atoms with van der Waals surface area (Å²) in [6, 6.07) is 0. The quantitative estimate of drug-likeness (QED) is 0.610. The highest BCUT2D eigenvalue weighted by atomic mass is 16.5. The molecule has 1 saturated carbocycles. The number of hydrogen-bond donors (Lipinski definition) is 0. The second kappa shape index (κ2) is 4.10. The molecule has 1 heteroatoms. The summed E-state index contributed by atoms with van der Waals surface area (Å²) in [7, 11) is 0. The maximum Gasteiger partial charge on any atom is 0.0606 e. The van der Waals surface area contributed by atoms with Gasteiger partial charge in [0.1, 0.15) is 0 Å². The fourth-order valence-corrected chi connectivity index (χ4v) is 2.00. The van der Waals surface area contributed by atoms with Crippen molar-refractivity contribution >= 4 is 0 Å². The van der Waals surface area contributed by atoms with Crippen molar-refractivity contribution in [3.63, 3.8) is 0 Å². The Balaban J connectivity index is 2.31. The predicted molar refractivity (Wildman–Crippen MR) is 47.6 cm³/mol. The third-order valence-electron chi connectivity index (χ3n) is 2.56. The summed E-state index contributed by atoms with van der Waals surface area (Å²) < 4.78 is 5.81. The molecule has 0 aromatic rings. The van der Waals surface area contributed by atoms with E-state index in [2.05, 4.69) is 20.8 Å². The van der Waals surface area contributed by atoms with Gasteiger partial charge in [-0.3, -0.25) is 0 Å². The molecule has 1 nitrogen and oxygen atoms in total. The van der Waals surface area contributed by atoms with E-state index in [-0.39, 0.29) is 0 Å². The van der Waals surface area contributed by atoms with Gasteiger partial charge in [-0.15, -0.1) is 0 Å². The molecule has 1 rings (SSSR count). The molecule has 0 aromatic carbocycles.